The molecule has 0 unspecified atom stereocenters. The molecule has 1 aliphatic heterocycles. The first-order valence-corrected chi connectivity index (χ1v) is 11.4. The molecule has 2 aromatic heterocycles. The predicted molar refractivity (Wildman–Crippen MR) is 101 cm³/mol. The Balaban J connectivity index is 1.64. The molecule has 0 bridgehead atoms. The van der Waals surface area contributed by atoms with Crippen molar-refractivity contribution in [2.45, 2.75) is 11.8 Å². The number of thiophene rings is 1. The van der Waals surface area contributed by atoms with Crippen LogP contribution in [0.1, 0.15) is 15.4 Å². The van der Waals surface area contributed by atoms with Gasteiger partial charge in [-0.25, -0.2) is 13.2 Å². The lowest BCUT2D eigenvalue weighted by Crippen LogP contribution is -2.38. The Morgan fingerprint density at radius 3 is 2.78 bits per heavy atom. The Hall–Kier alpha value is -1.89. The number of aryl methyl sites for hydroxylation is 1. The molecule has 0 spiro atoms. The van der Waals surface area contributed by atoms with E-state index in [9.17, 15) is 18.0 Å². The van der Waals surface area contributed by atoms with Gasteiger partial charge in [-0.3, -0.25) is 4.79 Å². The number of thioether (sulfide) groups is 1. The van der Waals surface area contributed by atoms with Gasteiger partial charge in [0.2, 0.25) is 10.0 Å². The highest BCUT2D eigenvalue weighted by Gasteiger charge is 2.31. The minimum atomic E-state index is -3.77. The van der Waals surface area contributed by atoms with Crippen molar-refractivity contribution in [3.8, 4) is 0 Å². The van der Waals surface area contributed by atoms with E-state index in [1.165, 1.54) is 21.8 Å². The van der Waals surface area contributed by atoms with E-state index in [-0.39, 0.29) is 15.6 Å². The maximum absolute atomic E-state index is 12.8. The van der Waals surface area contributed by atoms with Crippen molar-refractivity contribution in [1.82, 2.24) is 9.46 Å². The smallest absolute Gasteiger partial charge is 0.350 e. The average molecular weight is 432 g/mol. The van der Waals surface area contributed by atoms with E-state index in [0.29, 0.717) is 30.4 Å². The summed E-state index contributed by atoms with van der Waals surface area (Å²) in [6, 6.07) is 2.90. The SMILES string of the molecule is Cc1cc(NC(=O)COC(=O)c2sccc2S(=O)(=O)N2CCSCC2)no1. The fraction of sp³-hybridized carbons (Fsp3) is 0.400. The normalized spacial score (nSPS) is 15.4. The van der Waals surface area contributed by atoms with Crippen molar-refractivity contribution < 1.29 is 27.3 Å². The predicted octanol–water partition coefficient (Wildman–Crippen LogP) is 1.58. The molecule has 3 rings (SSSR count). The quantitative estimate of drug-likeness (QED) is 0.685. The number of hydrogen-bond acceptors (Lipinski definition) is 9. The van der Waals surface area contributed by atoms with Gasteiger partial charge in [0.15, 0.2) is 12.4 Å². The van der Waals surface area contributed by atoms with E-state index in [4.69, 9.17) is 9.26 Å². The Morgan fingerprint density at radius 2 is 2.11 bits per heavy atom. The zero-order chi connectivity index (χ0) is 19.4. The lowest BCUT2D eigenvalue weighted by atomic mass is 10.4. The van der Waals surface area contributed by atoms with Crippen LogP contribution < -0.4 is 5.32 Å². The Kier molecular flexibility index (Phi) is 6.19. The standard InChI is InChI=1S/C15H17N3O6S3/c1-10-8-12(17-24-10)16-13(19)9-23-15(20)14-11(2-5-26-14)27(21,22)18-3-6-25-7-4-18/h2,5,8H,3-4,6-7,9H2,1H3,(H,16,17,19). The van der Waals surface area contributed by atoms with Gasteiger partial charge in [-0.2, -0.15) is 16.1 Å². The van der Waals surface area contributed by atoms with E-state index in [1.54, 1.807) is 18.7 Å². The van der Waals surface area contributed by atoms with Gasteiger partial charge >= 0.3 is 5.97 Å². The van der Waals surface area contributed by atoms with Gasteiger partial charge in [0.05, 0.1) is 0 Å². The first kappa shape index (κ1) is 19.9. The summed E-state index contributed by atoms with van der Waals surface area (Å²) in [6.07, 6.45) is 0. The second kappa shape index (κ2) is 8.42. The molecule has 0 aromatic carbocycles. The summed E-state index contributed by atoms with van der Waals surface area (Å²) in [4.78, 5) is 24.0. The topological polar surface area (TPSA) is 119 Å². The van der Waals surface area contributed by atoms with Gasteiger partial charge < -0.3 is 14.6 Å². The van der Waals surface area contributed by atoms with Gasteiger partial charge in [-0.15, -0.1) is 11.3 Å². The van der Waals surface area contributed by atoms with Crippen molar-refractivity contribution in [2.75, 3.05) is 36.5 Å². The van der Waals surface area contributed by atoms with Crippen LogP contribution in [0.3, 0.4) is 0 Å². The number of rotatable bonds is 6. The van der Waals surface area contributed by atoms with Crippen LogP contribution in [0.15, 0.2) is 26.9 Å². The second-order valence-corrected chi connectivity index (χ2v) is 9.62. The van der Waals surface area contributed by atoms with E-state index in [1.807, 2.05) is 0 Å². The molecule has 146 valence electrons. The number of nitrogens with one attached hydrogen (secondary N) is 1. The van der Waals surface area contributed by atoms with Crippen LogP contribution in [0.25, 0.3) is 0 Å². The molecule has 1 N–H and O–H groups in total. The molecule has 9 nitrogen and oxygen atoms in total. The number of aromatic nitrogens is 1. The molecule has 27 heavy (non-hydrogen) atoms. The van der Waals surface area contributed by atoms with Crippen molar-refractivity contribution >= 4 is 50.8 Å². The number of nitrogens with zero attached hydrogens (tertiary/aromatic N) is 2. The number of carbonyl (C=O) groups excluding carboxylic acids is 2. The van der Waals surface area contributed by atoms with Gasteiger partial charge in [0.1, 0.15) is 15.5 Å². The minimum absolute atomic E-state index is 0.0432. The van der Waals surface area contributed by atoms with Crippen LogP contribution in [0.2, 0.25) is 0 Å². The van der Waals surface area contributed by atoms with E-state index in [2.05, 4.69) is 10.5 Å². The molecule has 2 aromatic rings. The highest BCUT2D eigenvalue weighted by Crippen LogP contribution is 2.27. The number of anilines is 1. The summed E-state index contributed by atoms with van der Waals surface area (Å²) in [5.41, 5.74) is 0. The van der Waals surface area contributed by atoms with E-state index in [0.717, 1.165) is 11.3 Å². The van der Waals surface area contributed by atoms with E-state index >= 15 is 0 Å². The number of ether oxygens (including phenoxy) is 1. The minimum Gasteiger partial charge on any atom is -0.451 e. The fourth-order valence-corrected chi connectivity index (χ4v) is 6.24. The molecule has 1 amide bonds. The summed E-state index contributed by atoms with van der Waals surface area (Å²) < 4.78 is 36.7. The van der Waals surface area contributed by atoms with Crippen molar-refractivity contribution in [3.63, 3.8) is 0 Å². The van der Waals surface area contributed by atoms with Gasteiger partial charge in [-0.1, -0.05) is 5.16 Å². The van der Waals surface area contributed by atoms with Crippen LogP contribution in [0.5, 0.6) is 0 Å². The lowest BCUT2D eigenvalue weighted by molar-refractivity contribution is -0.119. The number of hydrogen-bond donors (Lipinski definition) is 1. The van der Waals surface area contributed by atoms with Gasteiger partial charge in [-0.05, 0) is 18.4 Å². The first-order valence-electron chi connectivity index (χ1n) is 7.93. The third-order valence-electron chi connectivity index (χ3n) is 3.63. The van der Waals surface area contributed by atoms with Gasteiger partial charge in [0, 0.05) is 30.7 Å². The highest BCUT2D eigenvalue weighted by molar-refractivity contribution is 7.99. The van der Waals surface area contributed by atoms with Crippen molar-refractivity contribution in [1.29, 1.82) is 0 Å². The molecular formula is C15H17N3O6S3. The summed E-state index contributed by atoms with van der Waals surface area (Å²) in [7, 11) is -3.77. The number of esters is 1. The molecule has 0 atom stereocenters. The largest absolute Gasteiger partial charge is 0.451 e. The molecule has 12 heteroatoms. The molecule has 1 aliphatic rings. The zero-order valence-corrected chi connectivity index (χ0v) is 16.8. The Bertz CT molecular complexity index is 930. The summed E-state index contributed by atoms with van der Waals surface area (Å²) in [5.74, 6) is 0.685. The molecule has 0 aliphatic carbocycles. The molecule has 0 radical (unpaired) electrons. The monoisotopic (exact) mass is 431 g/mol. The van der Waals surface area contributed by atoms with Crippen LogP contribution in [-0.4, -0.2) is 61.0 Å². The second-order valence-electron chi connectivity index (χ2n) is 5.58. The van der Waals surface area contributed by atoms with Crippen LogP contribution >= 0.6 is 23.1 Å². The third kappa shape index (κ3) is 4.69. The summed E-state index contributed by atoms with van der Waals surface area (Å²) in [6.45, 7) is 1.90. The zero-order valence-electron chi connectivity index (χ0n) is 14.3. The van der Waals surface area contributed by atoms with Crippen molar-refractivity contribution in [3.05, 3.63) is 28.2 Å². The fourth-order valence-electron chi connectivity index (χ4n) is 2.38. The Labute approximate surface area is 164 Å². The Morgan fingerprint density at radius 1 is 1.37 bits per heavy atom. The molecular weight excluding hydrogens is 414 g/mol. The molecule has 1 saturated heterocycles. The van der Waals surface area contributed by atoms with Crippen molar-refractivity contribution in [2.24, 2.45) is 0 Å². The number of carbonyl (C=O) groups is 2. The van der Waals surface area contributed by atoms with E-state index < -0.39 is 28.5 Å². The van der Waals surface area contributed by atoms with Crippen LogP contribution in [-0.2, 0) is 19.6 Å². The molecule has 3 heterocycles. The number of sulfonamides is 1. The maximum atomic E-state index is 12.8. The summed E-state index contributed by atoms with van der Waals surface area (Å²) >= 11 is 2.65. The van der Waals surface area contributed by atoms with Crippen LogP contribution in [0, 0.1) is 6.92 Å². The lowest BCUT2D eigenvalue weighted by Gasteiger charge is -2.25. The summed E-state index contributed by atoms with van der Waals surface area (Å²) in [5, 5.41) is 7.53. The maximum Gasteiger partial charge on any atom is 0.350 e. The first-order chi connectivity index (χ1) is 12.9. The van der Waals surface area contributed by atoms with Crippen LogP contribution in [0.4, 0.5) is 5.82 Å². The third-order valence-corrected chi connectivity index (χ3v) is 7.54. The molecule has 0 saturated carbocycles. The van der Waals surface area contributed by atoms with Gasteiger partial charge in [0.25, 0.3) is 5.91 Å². The highest BCUT2D eigenvalue weighted by atomic mass is 32.2. The molecule has 1 fully saturated rings. The average Bonchev–Trinajstić information content (AvgIpc) is 3.30. The number of amides is 1.